The van der Waals surface area contributed by atoms with Crippen LogP contribution in [0.25, 0.3) is 0 Å². The Morgan fingerprint density at radius 2 is 1.74 bits per heavy atom. The van der Waals surface area contributed by atoms with Crippen molar-refractivity contribution in [3.8, 4) is 5.88 Å². The average molecular weight is 551 g/mol. The molecule has 0 unspecified atom stereocenters. The molecule has 0 N–H and O–H groups in total. The van der Waals surface area contributed by atoms with Gasteiger partial charge in [-0.2, -0.15) is 0 Å². The molecule has 212 valence electrons. The molecular formula is C32H46N4O2S. The van der Waals surface area contributed by atoms with Gasteiger partial charge in [-0.05, 0) is 101 Å². The summed E-state index contributed by atoms with van der Waals surface area (Å²) >= 11 is 1.93. The normalized spacial score (nSPS) is 25.6. The van der Waals surface area contributed by atoms with E-state index in [2.05, 4.69) is 41.6 Å². The Hall–Kier alpha value is -1.96. The zero-order valence-corrected chi connectivity index (χ0v) is 25.4. The highest BCUT2D eigenvalue weighted by atomic mass is 32.1. The van der Waals surface area contributed by atoms with Crippen LogP contribution in [0.5, 0.6) is 5.88 Å². The number of likely N-dealkylation sites (tertiary alicyclic amines) is 2. The molecule has 6 rings (SSSR count). The SMILES string of the molecule is COc1nc(C)cc(C)c1CN1CCc2sc([C@H](C)C3CCC(N4CC(N5CCCC5)C4)CC3)c(C)c2C1=O. The fourth-order valence-corrected chi connectivity index (χ4v) is 9.25. The van der Waals surface area contributed by atoms with Crippen LogP contribution in [0, 0.1) is 26.7 Å². The summed E-state index contributed by atoms with van der Waals surface area (Å²) in [6, 6.07) is 3.70. The maximum absolute atomic E-state index is 13.8. The van der Waals surface area contributed by atoms with E-state index in [1.165, 1.54) is 80.0 Å². The number of ether oxygens (including phenoxy) is 1. The Balaban J connectivity index is 1.09. The van der Waals surface area contributed by atoms with Crippen molar-refractivity contribution in [3.63, 3.8) is 0 Å². The monoisotopic (exact) mass is 550 g/mol. The highest BCUT2D eigenvalue weighted by molar-refractivity contribution is 7.12. The van der Waals surface area contributed by atoms with Crippen LogP contribution in [0.15, 0.2) is 6.07 Å². The minimum Gasteiger partial charge on any atom is -0.481 e. The van der Waals surface area contributed by atoms with E-state index in [0.29, 0.717) is 18.3 Å². The Morgan fingerprint density at radius 3 is 2.44 bits per heavy atom. The number of aromatic nitrogens is 1. The standard InChI is InChI=1S/C32H46N4O2S/c1-20-16-21(2)33-31(38-5)27(20)19-35-15-12-28-29(32(35)37)23(4)30(39-28)22(3)24-8-10-25(11-9-24)36-17-26(18-36)34-13-6-7-14-34/h16,22,24-26H,6-15,17-19H2,1-5H3/t22-,24?,25?/m1/s1. The van der Waals surface area contributed by atoms with E-state index < -0.39 is 0 Å². The van der Waals surface area contributed by atoms with Gasteiger partial charge < -0.3 is 9.64 Å². The van der Waals surface area contributed by atoms with Crippen molar-refractivity contribution in [1.82, 2.24) is 19.7 Å². The zero-order valence-electron chi connectivity index (χ0n) is 24.6. The molecular weight excluding hydrogens is 504 g/mol. The molecule has 1 aliphatic carbocycles. The molecule has 1 amide bonds. The number of rotatable bonds is 7. The third-order valence-corrected chi connectivity index (χ3v) is 11.8. The Labute approximate surface area is 238 Å². The number of nitrogens with zero attached hydrogens (tertiary/aromatic N) is 4. The molecule has 6 nitrogen and oxygen atoms in total. The van der Waals surface area contributed by atoms with E-state index in [4.69, 9.17) is 4.74 Å². The second-order valence-electron chi connectivity index (χ2n) is 12.6. The van der Waals surface area contributed by atoms with Crippen LogP contribution in [0.1, 0.15) is 93.9 Å². The number of thiophene rings is 1. The molecule has 0 aromatic carbocycles. The van der Waals surface area contributed by atoms with Crippen LogP contribution < -0.4 is 4.74 Å². The van der Waals surface area contributed by atoms with Gasteiger partial charge in [0.1, 0.15) is 0 Å². The number of carbonyl (C=O) groups excluding carboxylic acids is 1. The van der Waals surface area contributed by atoms with Gasteiger partial charge in [-0.15, -0.1) is 11.3 Å². The minimum absolute atomic E-state index is 0.180. The number of amides is 1. The topological polar surface area (TPSA) is 48.9 Å². The molecule has 39 heavy (non-hydrogen) atoms. The third-order valence-electron chi connectivity index (χ3n) is 10.3. The molecule has 2 aromatic heterocycles. The van der Waals surface area contributed by atoms with Gasteiger partial charge in [0.25, 0.3) is 5.91 Å². The van der Waals surface area contributed by atoms with Gasteiger partial charge in [0.15, 0.2) is 0 Å². The van der Waals surface area contributed by atoms with Crippen molar-refractivity contribution in [3.05, 3.63) is 43.8 Å². The summed E-state index contributed by atoms with van der Waals surface area (Å²) in [7, 11) is 1.67. The lowest BCUT2D eigenvalue weighted by molar-refractivity contribution is -0.00222. The lowest BCUT2D eigenvalue weighted by Gasteiger charge is -2.50. The average Bonchev–Trinajstić information content (AvgIpc) is 3.54. The summed E-state index contributed by atoms with van der Waals surface area (Å²) in [5.41, 5.74) is 5.31. The summed E-state index contributed by atoms with van der Waals surface area (Å²) in [5, 5.41) is 0. The summed E-state index contributed by atoms with van der Waals surface area (Å²) in [5.74, 6) is 2.08. The molecule has 5 heterocycles. The number of fused-ring (bicyclic) bond motifs is 1. The van der Waals surface area contributed by atoms with Crippen LogP contribution >= 0.6 is 11.3 Å². The Kier molecular flexibility index (Phi) is 7.77. The van der Waals surface area contributed by atoms with Crippen LogP contribution in [0.2, 0.25) is 0 Å². The first-order valence-corrected chi connectivity index (χ1v) is 16.1. The largest absolute Gasteiger partial charge is 0.481 e. The number of pyridine rings is 1. The Bertz CT molecular complexity index is 1210. The van der Waals surface area contributed by atoms with Crippen LogP contribution in [0.3, 0.4) is 0 Å². The highest BCUT2D eigenvalue weighted by Crippen LogP contribution is 2.44. The van der Waals surface area contributed by atoms with E-state index in [1.54, 1.807) is 7.11 Å². The predicted octanol–water partition coefficient (Wildman–Crippen LogP) is 5.72. The maximum Gasteiger partial charge on any atom is 0.255 e. The number of hydrogen-bond acceptors (Lipinski definition) is 6. The summed E-state index contributed by atoms with van der Waals surface area (Å²) in [6.45, 7) is 15.3. The second kappa shape index (κ2) is 11.1. The minimum atomic E-state index is 0.180. The van der Waals surface area contributed by atoms with Crippen molar-refractivity contribution >= 4 is 17.2 Å². The van der Waals surface area contributed by atoms with Crippen LogP contribution in [0.4, 0.5) is 0 Å². The first kappa shape index (κ1) is 27.2. The number of aryl methyl sites for hydroxylation is 2. The summed E-state index contributed by atoms with van der Waals surface area (Å²) in [6.07, 6.45) is 9.05. The molecule has 0 spiro atoms. The zero-order chi connectivity index (χ0) is 27.3. The molecule has 0 bridgehead atoms. The molecule has 2 aromatic rings. The van der Waals surface area contributed by atoms with Crippen molar-refractivity contribution in [2.24, 2.45) is 5.92 Å². The van der Waals surface area contributed by atoms with Gasteiger partial charge in [0.05, 0.1) is 19.2 Å². The molecule has 4 aliphatic rings. The van der Waals surface area contributed by atoms with E-state index in [0.717, 1.165) is 53.4 Å². The van der Waals surface area contributed by atoms with Crippen LogP contribution in [-0.4, -0.2) is 77.5 Å². The van der Waals surface area contributed by atoms with E-state index >= 15 is 0 Å². The fourth-order valence-electron chi connectivity index (χ4n) is 7.82. The molecule has 0 radical (unpaired) electrons. The second-order valence-corrected chi connectivity index (χ2v) is 13.8. The first-order chi connectivity index (χ1) is 18.8. The predicted molar refractivity (Wildman–Crippen MR) is 158 cm³/mol. The quantitative estimate of drug-likeness (QED) is 0.442. The third kappa shape index (κ3) is 5.15. The van der Waals surface area contributed by atoms with E-state index in [1.807, 2.05) is 23.2 Å². The van der Waals surface area contributed by atoms with Gasteiger partial charge in [-0.1, -0.05) is 6.92 Å². The smallest absolute Gasteiger partial charge is 0.255 e. The summed E-state index contributed by atoms with van der Waals surface area (Å²) < 4.78 is 5.59. The number of methoxy groups -OCH3 is 1. The van der Waals surface area contributed by atoms with Gasteiger partial charge in [0.2, 0.25) is 5.88 Å². The van der Waals surface area contributed by atoms with Crippen molar-refractivity contribution in [2.75, 3.05) is 39.8 Å². The number of hydrogen-bond donors (Lipinski definition) is 0. The Morgan fingerprint density at radius 1 is 1.03 bits per heavy atom. The van der Waals surface area contributed by atoms with E-state index in [9.17, 15) is 4.79 Å². The van der Waals surface area contributed by atoms with Crippen molar-refractivity contribution in [1.29, 1.82) is 0 Å². The maximum atomic E-state index is 13.8. The van der Waals surface area contributed by atoms with Gasteiger partial charge in [-0.3, -0.25) is 14.6 Å². The molecule has 1 saturated carbocycles. The molecule has 3 fully saturated rings. The van der Waals surface area contributed by atoms with Gasteiger partial charge in [0, 0.05) is 59.2 Å². The fraction of sp³-hybridized carbons (Fsp3) is 0.688. The number of carbonyl (C=O) groups is 1. The van der Waals surface area contributed by atoms with Crippen molar-refractivity contribution in [2.45, 2.75) is 97.2 Å². The first-order valence-electron chi connectivity index (χ1n) is 15.2. The van der Waals surface area contributed by atoms with Gasteiger partial charge in [-0.25, -0.2) is 4.98 Å². The molecule has 3 aliphatic heterocycles. The van der Waals surface area contributed by atoms with Crippen LogP contribution in [-0.2, 0) is 13.0 Å². The van der Waals surface area contributed by atoms with E-state index in [-0.39, 0.29) is 5.91 Å². The summed E-state index contributed by atoms with van der Waals surface area (Å²) in [4.78, 5) is 28.6. The lowest BCUT2D eigenvalue weighted by atomic mass is 9.76. The molecule has 7 heteroatoms. The lowest BCUT2D eigenvalue weighted by Crippen LogP contribution is -2.62. The molecule has 2 saturated heterocycles. The van der Waals surface area contributed by atoms with Crippen molar-refractivity contribution < 1.29 is 9.53 Å². The van der Waals surface area contributed by atoms with Gasteiger partial charge >= 0.3 is 0 Å². The molecule has 1 atom stereocenters. The highest BCUT2D eigenvalue weighted by Gasteiger charge is 2.39.